The second-order valence-corrected chi connectivity index (χ2v) is 7.99. The maximum Gasteiger partial charge on any atom is 0.586 e. The first kappa shape index (κ1) is 21.0. The summed E-state index contributed by atoms with van der Waals surface area (Å²) in [6.07, 6.45) is -2.23. The fourth-order valence-corrected chi connectivity index (χ4v) is 4.11. The number of halogens is 2. The van der Waals surface area contributed by atoms with Crippen molar-refractivity contribution in [2.45, 2.75) is 18.0 Å². The van der Waals surface area contributed by atoms with Gasteiger partial charge >= 0.3 is 6.29 Å². The van der Waals surface area contributed by atoms with Crippen LogP contribution in [0.3, 0.4) is 0 Å². The topological polar surface area (TPSA) is 95.6 Å². The molecule has 0 fully saturated rings. The number of fused-ring (bicyclic) bond motifs is 2. The molecule has 33 heavy (non-hydrogen) atoms. The van der Waals surface area contributed by atoms with Crippen molar-refractivity contribution in [3.63, 3.8) is 0 Å². The monoisotopic (exact) mass is 471 g/mol. The average Bonchev–Trinajstić information content (AvgIpc) is 3.40. The van der Waals surface area contributed by atoms with E-state index in [0.717, 1.165) is 11.8 Å². The van der Waals surface area contributed by atoms with Crippen LogP contribution in [0.2, 0.25) is 0 Å². The third-order valence-corrected chi connectivity index (χ3v) is 5.71. The molecule has 2 aromatic heterocycles. The van der Waals surface area contributed by atoms with Gasteiger partial charge in [-0.25, -0.2) is 4.98 Å². The van der Waals surface area contributed by atoms with E-state index in [4.69, 9.17) is 4.42 Å². The maximum atomic E-state index is 13.2. The van der Waals surface area contributed by atoms with Crippen LogP contribution in [0.5, 0.6) is 11.5 Å². The van der Waals surface area contributed by atoms with E-state index in [-0.39, 0.29) is 35.0 Å². The van der Waals surface area contributed by atoms with Crippen LogP contribution < -0.4 is 20.3 Å². The standard InChI is InChI=1S/C22H15F2N3O5S/c23-22(24)31-17-8-7-13(10-18(17)32-22)25-19(28)12-33-21-26-16-6-2-1-5-15(16)20(29)27(21)11-14-4-3-9-30-14/h1-10H,11-12H2,(H,25,28). The lowest BCUT2D eigenvalue weighted by atomic mass is 10.2. The molecule has 5 rings (SSSR count). The molecule has 0 atom stereocenters. The molecule has 1 aliphatic heterocycles. The van der Waals surface area contributed by atoms with E-state index in [1.807, 2.05) is 0 Å². The summed E-state index contributed by atoms with van der Waals surface area (Å²) in [5.74, 6) is -0.216. The lowest BCUT2D eigenvalue weighted by Gasteiger charge is -2.12. The predicted molar refractivity (Wildman–Crippen MR) is 116 cm³/mol. The molecule has 8 nitrogen and oxygen atoms in total. The summed E-state index contributed by atoms with van der Waals surface area (Å²) >= 11 is 1.07. The normalized spacial score (nSPS) is 13.9. The van der Waals surface area contributed by atoms with Crippen molar-refractivity contribution in [1.29, 1.82) is 0 Å². The molecule has 2 aromatic carbocycles. The minimum absolute atomic E-state index is 0.0759. The number of rotatable bonds is 6. The molecular formula is C22H15F2N3O5S. The molecule has 4 aromatic rings. The fraction of sp³-hybridized carbons (Fsp3) is 0.136. The molecule has 0 aliphatic carbocycles. The largest absolute Gasteiger partial charge is 0.586 e. The number of alkyl halides is 2. The quantitative estimate of drug-likeness (QED) is 0.334. The van der Waals surface area contributed by atoms with Crippen molar-refractivity contribution in [3.05, 3.63) is 77.0 Å². The van der Waals surface area contributed by atoms with Gasteiger partial charge in [0.25, 0.3) is 5.56 Å². The molecule has 1 amide bonds. The number of carbonyl (C=O) groups excluding carboxylic acids is 1. The van der Waals surface area contributed by atoms with Crippen molar-refractivity contribution in [2.24, 2.45) is 0 Å². The SMILES string of the molecule is O=C(CSc1nc2ccccc2c(=O)n1Cc1ccco1)Nc1ccc2c(c1)OC(F)(F)O2. The van der Waals surface area contributed by atoms with Crippen molar-refractivity contribution in [3.8, 4) is 11.5 Å². The van der Waals surface area contributed by atoms with E-state index in [1.54, 1.807) is 36.4 Å². The Morgan fingerprint density at radius 1 is 1.09 bits per heavy atom. The van der Waals surface area contributed by atoms with Crippen molar-refractivity contribution in [1.82, 2.24) is 9.55 Å². The Morgan fingerprint density at radius 2 is 1.91 bits per heavy atom. The molecule has 168 valence electrons. The number of hydrogen-bond acceptors (Lipinski definition) is 7. The highest BCUT2D eigenvalue weighted by molar-refractivity contribution is 7.99. The number of hydrogen-bond donors (Lipinski definition) is 1. The van der Waals surface area contributed by atoms with Crippen LogP contribution in [0.25, 0.3) is 10.9 Å². The Balaban J connectivity index is 1.35. The van der Waals surface area contributed by atoms with Crippen LogP contribution in [0, 0.1) is 0 Å². The van der Waals surface area contributed by atoms with E-state index < -0.39 is 12.2 Å². The number of ether oxygens (including phenoxy) is 2. The summed E-state index contributed by atoms with van der Waals surface area (Å²) in [7, 11) is 0. The first-order chi connectivity index (χ1) is 15.9. The minimum atomic E-state index is -3.74. The lowest BCUT2D eigenvalue weighted by Crippen LogP contribution is -2.25. The molecule has 0 spiro atoms. The minimum Gasteiger partial charge on any atom is -0.467 e. The van der Waals surface area contributed by atoms with Crippen LogP contribution in [-0.4, -0.2) is 27.5 Å². The number of thioether (sulfide) groups is 1. The Hall–Kier alpha value is -3.86. The molecule has 11 heteroatoms. The summed E-state index contributed by atoms with van der Waals surface area (Å²) in [6.45, 7) is 0.157. The number of aromatic nitrogens is 2. The predicted octanol–water partition coefficient (Wildman–Crippen LogP) is 4.09. The molecule has 1 aliphatic rings. The highest BCUT2D eigenvalue weighted by Gasteiger charge is 2.43. The molecule has 0 unspecified atom stereocenters. The van der Waals surface area contributed by atoms with Gasteiger partial charge in [-0.3, -0.25) is 14.2 Å². The van der Waals surface area contributed by atoms with E-state index in [9.17, 15) is 18.4 Å². The first-order valence-electron chi connectivity index (χ1n) is 9.72. The third kappa shape index (κ3) is 4.40. The average molecular weight is 471 g/mol. The van der Waals surface area contributed by atoms with E-state index in [1.165, 1.54) is 29.0 Å². The highest BCUT2D eigenvalue weighted by Crippen LogP contribution is 2.42. The van der Waals surface area contributed by atoms with Crippen LogP contribution in [0.15, 0.2) is 75.2 Å². The van der Waals surface area contributed by atoms with E-state index >= 15 is 0 Å². The molecule has 0 saturated carbocycles. The van der Waals surface area contributed by atoms with Crippen LogP contribution in [0.4, 0.5) is 14.5 Å². The van der Waals surface area contributed by atoms with Crippen molar-refractivity contribution >= 4 is 34.3 Å². The Morgan fingerprint density at radius 3 is 2.73 bits per heavy atom. The van der Waals surface area contributed by atoms with Gasteiger partial charge in [0.05, 0.1) is 29.5 Å². The smallest absolute Gasteiger partial charge is 0.467 e. The van der Waals surface area contributed by atoms with Gasteiger partial charge in [0.1, 0.15) is 5.76 Å². The Bertz CT molecular complexity index is 1410. The van der Waals surface area contributed by atoms with Gasteiger partial charge in [0, 0.05) is 11.8 Å². The molecule has 1 N–H and O–H groups in total. The first-order valence-corrected chi connectivity index (χ1v) is 10.7. The zero-order valence-electron chi connectivity index (χ0n) is 16.8. The zero-order valence-corrected chi connectivity index (χ0v) is 17.6. The van der Waals surface area contributed by atoms with Gasteiger partial charge in [-0.05, 0) is 36.4 Å². The van der Waals surface area contributed by atoms with Crippen molar-refractivity contribution in [2.75, 3.05) is 11.1 Å². The summed E-state index contributed by atoms with van der Waals surface area (Å²) in [5.41, 5.74) is 0.523. The number of amides is 1. The number of carbonyl (C=O) groups is 1. The van der Waals surface area contributed by atoms with Crippen LogP contribution in [-0.2, 0) is 11.3 Å². The highest BCUT2D eigenvalue weighted by atomic mass is 32.2. The van der Waals surface area contributed by atoms with Crippen LogP contribution in [0.1, 0.15) is 5.76 Å². The molecule has 3 heterocycles. The Kier molecular flexibility index (Phi) is 5.25. The number of benzene rings is 2. The number of furan rings is 1. The van der Waals surface area contributed by atoms with Gasteiger partial charge in [-0.15, -0.1) is 8.78 Å². The fourth-order valence-electron chi connectivity index (χ4n) is 3.31. The zero-order chi connectivity index (χ0) is 23.0. The van der Waals surface area contributed by atoms with E-state index in [0.29, 0.717) is 21.8 Å². The summed E-state index contributed by atoms with van der Waals surface area (Å²) in [5, 5.41) is 3.41. The van der Waals surface area contributed by atoms with Gasteiger partial charge in [0.2, 0.25) is 5.91 Å². The molecular weight excluding hydrogens is 456 g/mol. The summed E-state index contributed by atoms with van der Waals surface area (Å²) < 4.78 is 41.9. The van der Waals surface area contributed by atoms with Gasteiger partial charge in [-0.1, -0.05) is 23.9 Å². The van der Waals surface area contributed by atoms with E-state index in [2.05, 4.69) is 19.8 Å². The van der Waals surface area contributed by atoms with Gasteiger partial charge in [-0.2, -0.15) is 0 Å². The molecule has 0 radical (unpaired) electrons. The number of nitrogens with one attached hydrogen (secondary N) is 1. The Labute approximate surface area is 189 Å². The summed E-state index contributed by atoms with van der Waals surface area (Å²) in [4.78, 5) is 30.1. The second-order valence-electron chi connectivity index (χ2n) is 7.05. The second kappa shape index (κ2) is 8.24. The molecule has 0 bridgehead atoms. The lowest BCUT2D eigenvalue weighted by molar-refractivity contribution is -0.286. The number of para-hydroxylation sites is 1. The maximum absolute atomic E-state index is 13.2. The van der Waals surface area contributed by atoms with Gasteiger partial charge in [0.15, 0.2) is 16.7 Å². The van der Waals surface area contributed by atoms with Gasteiger partial charge < -0.3 is 19.2 Å². The van der Waals surface area contributed by atoms with Crippen LogP contribution >= 0.6 is 11.8 Å². The summed E-state index contributed by atoms with van der Waals surface area (Å²) in [6, 6.07) is 14.4. The number of nitrogens with zero attached hydrogens (tertiary/aromatic N) is 2. The molecule has 0 saturated heterocycles. The number of anilines is 1. The third-order valence-electron chi connectivity index (χ3n) is 4.74. The van der Waals surface area contributed by atoms with Crippen molar-refractivity contribution < 1.29 is 27.5 Å².